The lowest BCUT2D eigenvalue weighted by Gasteiger charge is -2.29. The molecule has 0 amide bonds. The van der Waals surface area contributed by atoms with Gasteiger partial charge in [-0.1, -0.05) is 53.6 Å². The fraction of sp³-hybridized carbons (Fsp3) is 0.231. The Morgan fingerprint density at radius 1 is 1.15 bits per heavy atom. The maximum absolute atomic E-state index is 6.07. The highest BCUT2D eigenvalue weighted by molar-refractivity contribution is 7.80. The van der Waals surface area contributed by atoms with Gasteiger partial charge in [0.25, 0.3) is 0 Å². The summed E-state index contributed by atoms with van der Waals surface area (Å²) >= 11 is 17.3. The van der Waals surface area contributed by atoms with Gasteiger partial charge in [-0.05, 0) is 24.1 Å². The average molecular weight is 325 g/mol. The quantitative estimate of drug-likeness (QED) is 0.637. The van der Waals surface area contributed by atoms with Gasteiger partial charge in [-0.25, -0.2) is 15.0 Å². The van der Waals surface area contributed by atoms with E-state index >= 15 is 0 Å². The van der Waals surface area contributed by atoms with Gasteiger partial charge in [-0.3, -0.25) is 0 Å². The lowest BCUT2D eigenvalue weighted by atomic mass is 10.0. The monoisotopic (exact) mass is 324 g/mol. The maximum Gasteiger partial charge on any atom is 0.225 e. The van der Waals surface area contributed by atoms with Gasteiger partial charge < -0.3 is 5.32 Å². The summed E-state index contributed by atoms with van der Waals surface area (Å²) in [4.78, 5) is 13.1. The van der Waals surface area contributed by atoms with Crippen LogP contribution in [0.25, 0.3) is 0 Å². The van der Waals surface area contributed by atoms with E-state index < -0.39 is 5.92 Å². The van der Waals surface area contributed by atoms with Crippen molar-refractivity contribution in [2.45, 2.75) is 13.1 Å². The van der Waals surface area contributed by atoms with Gasteiger partial charge in [0.05, 0.1) is 4.99 Å². The van der Waals surface area contributed by atoms with Crippen LogP contribution in [-0.2, 0) is 0 Å². The molecule has 0 saturated carbocycles. The maximum atomic E-state index is 6.07. The molecule has 2 atom stereocenters. The molecule has 1 N–H and O–H groups in total. The largest absolute Gasteiger partial charge is 0.354 e. The van der Waals surface area contributed by atoms with Gasteiger partial charge in [0.2, 0.25) is 5.29 Å². The van der Waals surface area contributed by atoms with Crippen molar-refractivity contribution in [2.24, 2.45) is 20.9 Å². The van der Waals surface area contributed by atoms with E-state index in [9.17, 15) is 0 Å². The second-order valence-corrected chi connectivity index (χ2v) is 5.72. The Labute approximate surface area is 131 Å². The molecule has 3 rings (SSSR count). The predicted molar refractivity (Wildman–Crippen MR) is 87.2 cm³/mol. The van der Waals surface area contributed by atoms with Crippen LogP contribution in [0, 0.1) is 12.8 Å². The molecule has 4 nitrogen and oxygen atoms in total. The van der Waals surface area contributed by atoms with Crippen molar-refractivity contribution in [2.75, 3.05) is 0 Å². The fourth-order valence-corrected chi connectivity index (χ4v) is 2.96. The predicted octanol–water partition coefficient (Wildman–Crippen LogP) is 3.18. The Bertz CT molecular complexity index is 663. The topological polar surface area (TPSA) is 49.1 Å². The molecule has 0 aromatic heterocycles. The molecule has 0 spiro atoms. The van der Waals surface area contributed by atoms with E-state index in [2.05, 4.69) is 20.3 Å². The summed E-state index contributed by atoms with van der Waals surface area (Å²) in [7, 11) is 0. The zero-order chi connectivity index (χ0) is 14.3. The van der Waals surface area contributed by atoms with Crippen LogP contribution in [0.1, 0.15) is 17.3 Å². The molecule has 0 bridgehead atoms. The minimum Gasteiger partial charge on any atom is -0.354 e. The number of thiocarbonyl (C=S) groups is 1. The van der Waals surface area contributed by atoms with Crippen LogP contribution in [0.5, 0.6) is 0 Å². The Kier molecular flexibility index (Phi) is 3.58. The molecule has 2 aliphatic heterocycles. The van der Waals surface area contributed by atoms with E-state index in [1.807, 2.05) is 31.2 Å². The van der Waals surface area contributed by atoms with E-state index in [0.717, 1.165) is 5.56 Å². The van der Waals surface area contributed by atoms with Crippen LogP contribution in [0.15, 0.2) is 39.2 Å². The van der Waals surface area contributed by atoms with Crippen LogP contribution in [-0.4, -0.2) is 21.3 Å². The molecule has 102 valence electrons. The lowest BCUT2D eigenvalue weighted by molar-refractivity contribution is 0.659. The van der Waals surface area contributed by atoms with Crippen molar-refractivity contribution < 1.29 is 0 Å². The smallest absolute Gasteiger partial charge is 0.225 e. The van der Waals surface area contributed by atoms with Gasteiger partial charge in [0, 0.05) is 0 Å². The average Bonchev–Trinajstić information content (AvgIpc) is 2.38. The van der Waals surface area contributed by atoms with Crippen molar-refractivity contribution in [3.8, 4) is 0 Å². The molecule has 0 fully saturated rings. The van der Waals surface area contributed by atoms with Gasteiger partial charge in [0.1, 0.15) is 23.1 Å². The first-order valence-corrected chi connectivity index (χ1v) is 7.14. The van der Waals surface area contributed by atoms with Crippen LogP contribution >= 0.6 is 35.4 Å². The molecule has 2 aliphatic rings. The third-order valence-corrected chi connectivity index (χ3v) is 3.92. The first-order chi connectivity index (χ1) is 9.54. The molecule has 1 aromatic carbocycles. The number of amidine groups is 2. The Morgan fingerprint density at radius 3 is 2.55 bits per heavy atom. The van der Waals surface area contributed by atoms with Gasteiger partial charge in [-0.15, -0.1) is 0 Å². The van der Waals surface area contributed by atoms with Crippen LogP contribution < -0.4 is 5.32 Å². The van der Waals surface area contributed by atoms with E-state index in [-0.39, 0.29) is 11.5 Å². The number of benzene rings is 1. The molecule has 0 aliphatic carbocycles. The molecular formula is C13H10Cl2N4S. The summed E-state index contributed by atoms with van der Waals surface area (Å²) in [6.45, 7) is 2.03. The highest BCUT2D eigenvalue weighted by atomic mass is 35.5. The fourth-order valence-electron chi connectivity index (χ4n) is 2.06. The van der Waals surface area contributed by atoms with Crippen molar-refractivity contribution in [1.82, 2.24) is 5.32 Å². The summed E-state index contributed by atoms with van der Waals surface area (Å²) in [5.41, 5.74) is 2.19. The molecule has 1 aromatic rings. The van der Waals surface area contributed by atoms with E-state index in [1.54, 1.807) is 0 Å². The zero-order valence-electron chi connectivity index (χ0n) is 10.5. The third-order valence-electron chi connectivity index (χ3n) is 3.10. The normalized spacial score (nSPS) is 25.1. The minimum atomic E-state index is -0.393. The Morgan fingerprint density at radius 2 is 1.85 bits per heavy atom. The molecule has 2 unspecified atom stereocenters. The van der Waals surface area contributed by atoms with Gasteiger partial charge >= 0.3 is 0 Å². The van der Waals surface area contributed by atoms with Crippen LogP contribution in [0.2, 0.25) is 0 Å². The summed E-state index contributed by atoms with van der Waals surface area (Å²) < 4.78 is 0. The highest BCUT2D eigenvalue weighted by Crippen LogP contribution is 2.26. The molecule has 20 heavy (non-hydrogen) atoms. The Balaban J connectivity index is 2.00. The van der Waals surface area contributed by atoms with Crippen molar-refractivity contribution >= 4 is 56.7 Å². The number of rotatable bonds is 1. The first-order valence-electron chi connectivity index (χ1n) is 5.97. The number of fused-ring (bicyclic) bond motifs is 1. The summed E-state index contributed by atoms with van der Waals surface area (Å²) in [6, 6.07) is 8.06. The van der Waals surface area contributed by atoms with Crippen molar-refractivity contribution in [3.05, 3.63) is 35.4 Å². The highest BCUT2D eigenvalue weighted by Gasteiger charge is 2.35. The van der Waals surface area contributed by atoms with Gasteiger partial charge in [0.15, 0.2) is 0 Å². The van der Waals surface area contributed by atoms with Crippen molar-refractivity contribution in [1.29, 1.82) is 0 Å². The number of hydrogen-bond acceptors (Lipinski definition) is 4. The Hall–Kier alpha value is -1.30. The molecule has 0 radical (unpaired) electrons. The molecule has 2 heterocycles. The van der Waals surface area contributed by atoms with E-state index in [1.165, 1.54) is 5.56 Å². The number of halogens is 2. The van der Waals surface area contributed by atoms with Crippen molar-refractivity contribution in [3.63, 3.8) is 0 Å². The lowest BCUT2D eigenvalue weighted by Crippen LogP contribution is -2.44. The molecule has 0 saturated heterocycles. The van der Waals surface area contributed by atoms with Crippen LogP contribution in [0.3, 0.4) is 0 Å². The number of aliphatic imine (C=N–C) groups is 3. The third kappa shape index (κ3) is 2.49. The summed E-state index contributed by atoms with van der Waals surface area (Å²) in [5, 5.41) is 3.54. The van der Waals surface area contributed by atoms with E-state index in [0.29, 0.717) is 16.0 Å². The number of hydrogen-bond donors (Lipinski definition) is 1. The molecule has 7 heteroatoms. The second-order valence-electron chi connectivity index (χ2n) is 4.56. The number of nitrogens with one attached hydrogen (secondary N) is 1. The summed E-state index contributed by atoms with van der Waals surface area (Å²) in [6.07, 6.45) is -0.273. The van der Waals surface area contributed by atoms with E-state index in [4.69, 9.17) is 35.4 Å². The van der Waals surface area contributed by atoms with Crippen LogP contribution in [0.4, 0.5) is 0 Å². The standard InChI is InChI=1S/C13H10Cl2N4S/c1-6-2-4-7(5-3-6)10-17-11-8(12(20)18-10)9(14)16-13(15)19-11/h2-5,8,10H,1H3,(H,18,20). The van der Waals surface area contributed by atoms with Gasteiger partial charge in [-0.2, -0.15) is 0 Å². The number of aryl methyl sites for hydroxylation is 1. The zero-order valence-corrected chi connectivity index (χ0v) is 12.8. The first kappa shape index (κ1) is 13.7. The number of nitrogens with zero attached hydrogens (tertiary/aromatic N) is 3. The summed E-state index contributed by atoms with van der Waals surface area (Å²) in [5.74, 6) is 0.111. The SMILES string of the molecule is Cc1ccc(C2N=C3N=C(Cl)N=C(Cl)C3C(=S)N2)cc1. The molecular weight excluding hydrogens is 315 g/mol. The minimum absolute atomic E-state index is 0.0809. The second kappa shape index (κ2) is 5.24.